The molecule has 2 aromatic carbocycles. The van der Waals surface area contributed by atoms with Gasteiger partial charge in [-0.25, -0.2) is 0 Å². The van der Waals surface area contributed by atoms with Crippen LogP contribution in [0.2, 0.25) is 0 Å². The number of nitrogens with one attached hydrogen (secondary N) is 1. The molecule has 0 radical (unpaired) electrons. The largest absolute Gasteiger partial charge is 0.490 e. The standard InChI is InChI=1S/C20H23NO3/c1-4-23-18-10-16-15(14-9-7-6-8-13(14)3)11-20(22)21-17(16)12-19(18)24-5-2/h6-10,12,15H,4-5,11H2,1-3H3,(H,21,22)/t15-/m0/s1. The minimum absolute atomic E-state index is 0.0300. The predicted octanol–water partition coefficient (Wildman–Crippen LogP) is 4.27. The summed E-state index contributed by atoms with van der Waals surface area (Å²) in [6.07, 6.45) is 0.442. The summed E-state index contributed by atoms with van der Waals surface area (Å²) in [5.41, 5.74) is 4.26. The van der Waals surface area contributed by atoms with Gasteiger partial charge < -0.3 is 14.8 Å². The first-order valence-electron chi connectivity index (χ1n) is 8.43. The lowest BCUT2D eigenvalue weighted by Gasteiger charge is -2.28. The number of hydrogen-bond acceptors (Lipinski definition) is 3. The maximum absolute atomic E-state index is 12.2. The number of carbonyl (C=O) groups excluding carboxylic acids is 1. The summed E-state index contributed by atoms with van der Waals surface area (Å²) < 4.78 is 11.4. The summed E-state index contributed by atoms with van der Waals surface area (Å²) >= 11 is 0. The van der Waals surface area contributed by atoms with Gasteiger partial charge >= 0.3 is 0 Å². The molecule has 0 saturated carbocycles. The Kier molecular flexibility index (Phi) is 4.74. The minimum atomic E-state index is 0.0300. The number of anilines is 1. The van der Waals surface area contributed by atoms with Crippen molar-refractivity contribution in [3.63, 3.8) is 0 Å². The zero-order valence-electron chi connectivity index (χ0n) is 14.4. The van der Waals surface area contributed by atoms with Gasteiger partial charge in [-0.1, -0.05) is 24.3 Å². The van der Waals surface area contributed by atoms with Crippen LogP contribution in [0.15, 0.2) is 36.4 Å². The van der Waals surface area contributed by atoms with Gasteiger partial charge in [0.2, 0.25) is 5.91 Å². The van der Waals surface area contributed by atoms with Gasteiger partial charge in [0.1, 0.15) is 0 Å². The molecule has 1 aliphatic rings. The average Bonchev–Trinajstić information content (AvgIpc) is 2.56. The van der Waals surface area contributed by atoms with Crippen LogP contribution in [-0.2, 0) is 4.79 Å². The summed E-state index contributed by atoms with van der Waals surface area (Å²) in [7, 11) is 0. The highest BCUT2D eigenvalue weighted by Crippen LogP contribution is 2.43. The third-order valence-corrected chi connectivity index (χ3v) is 4.32. The fraction of sp³-hybridized carbons (Fsp3) is 0.350. The van der Waals surface area contributed by atoms with E-state index < -0.39 is 0 Å². The maximum Gasteiger partial charge on any atom is 0.225 e. The van der Waals surface area contributed by atoms with Crippen molar-refractivity contribution in [2.24, 2.45) is 0 Å². The van der Waals surface area contributed by atoms with Crippen LogP contribution in [0, 0.1) is 6.92 Å². The number of ether oxygens (including phenoxy) is 2. The first-order chi connectivity index (χ1) is 11.6. The lowest BCUT2D eigenvalue weighted by molar-refractivity contribution is -0.116. The average molecular weight is 325 g/mol. The highest BCUT2D eigenvalue weighted by molar-refractivity contribution is 5.96. The Morgan fingerprint density at radius 3 is 2.38 bits per heavy atom. The molecule has 126 valence electrons. The third-order valence-electron chi connectivity index (χ3n) is 4.32. The van der Waals surface area contributed by atoms with Crippen molar-refractivity contribution in [2.45, 2.75) is 33.1 Å². The molecule has 0 saturated heterocycles. The number of carbonyl (C=O) groups is 1. The molecule has 0 bridgehead atoms. The zero-order valence-corrected chi connectivity index (χ0v) is 14.4. The van der Waals surface area contributed by atoms with Crippen molar-refractivity contribution in [1.82, 2.24) is 0 Å². The highest BCUT2D eigenvalue weighted by atomic mass is 16.5. The van der Waals surface area contributed by atoms with Crippen LogP contribution in [0.3, 0.4) is 0 Å². The molecule has 3 rings (SSSR count). The quantitative estimate of drug-likeness (QED) is 0.893. The molecule has 1 heterocycles. The van der Waals surface area contributed by atoms with E-state index in [2.05, 4.69) is 24.4 Å². The van der Waals surface area contributed by atoms with Gasteiger partial charge in [0.05, 0.1) is 13.2 Å². The SMILES string of the molecule is CCOc1cc2c(cc1OCC)[C@H](c1ccccc1C)CC(=O)N2. The van der Waals surface area contributed by atoms with E-state index in [0.717, 1.165) is 17.0 Å². The molecule has 0 spiro atoms. The summed E-state index contributed by atoms with van der Waals surface area (Å²) in [5, 5.41) is 2.97. The molecule has 0 aliphatic carbocycles. The molecular weight excluding hydrogens is 302 g/mol. The molecule has 0 unspecified atom stereocenters. The van der Waals surface area contributed by atoms with Gasteiger partial charge in [-0.05, 0) is 43.5 Å². The molecule has 4 nitrogen and oxygen atoms in total. The van der Waals surface area contributed by atoms with Gasteiger partial charge in [-0.15, -0.1) is 0 Å². The Labute approximate surface area is 142 Å². The van der Waals surface area contributed by atoms with E-state index in [1.165, 1.54) is 11.1 Å². The molecule has 1 amide bonds. The van der Waals surface area contributed by atoms with Crippen LogP contribution in [0.5, 0.6) is 11.5 Å². The fourth-order valence-corrected chi connectivity index (χ4v) is 3.26. The number of amides is 1. The highest BCUT2D eigenvalue weighted by Gasteiger charge is 2.29. The van der Waals surface area contributed by atoms with Crippen molar-refractivity contribution >= 4 is 11.6 Å². The second kappa shape index (κ2) is 6.95. The monoisotopic (exact) mass is 325 g/mol. The van der Waals surface area contributed by atoms with E-state index in [1.54, 1.807) is 0 Å². The number of benzene rings is 2. The topological polar surface area (TPSA) is 47.6 Å². The van der Waals surface area contributed by atoms with Crippen molar-refractivity contribution < 1.29 is 14.3 Å². The summed E-state index contributed by atoms with van der Waals surface area (Å²) in [6, 6.07) is 12.1. The summed E-state index contributed by atoms with van der Waals surface area (Å²) in [6.45, 7) is 7.09. The van der Waals surface area contributed by atoms with E-state index in [4.69, 9.17) is 9.47 Å². The number of aryl methyl sites for hydroxylation is 1. The van der Waals surface area contributed by atoms with Crippen LogP contribution in [-0.4, -0.2) is 19.1 Å². The van der Waals surface area contributed by atoms with Crippen LogP contribution in [0.4, 0.5) is 5.69 Å². The van der Waals surface area contributed by atoms with Gasteiger partial charge in [-0.3, -0.25) is 4.79 Å². The minimum Gasteiger partial charge on any atom is -0.490 e. The van der Waals surface area contributed by atoms with Gasteiger partial charge in [-0.2, -0.15) is 0 Å². The Balaban J connectivity index is 2.12. The number of rotatable bonds is 5. The molecule has 0 fully saturated rings. The zero-order chi connectivity index (χ0) is 17.1. The van der Waals surface area contributed by atoms with E-state index in [0.29, 0.717) is 25.4 Å². The molecule has 1 aliphatic heterocycles. The van der Waals surface area contributed by atoms with Crippen LogP contribution >= 0.6 is 0 Å². The predicted molar refractivity (Wildman–Crippen MR) is 95.0 cm³/mol. The maximum atomic E-state index is 12.2. The van der Waals surface area contributed by atoms with Crippen molar-refractivity contribution in [1.29, 1.82) is 0 Å². The van der Waals surface area contributed by atoms with Gasteiger partial charge in [0, 0.05) is 24.1 Å². The molecule has 1 atom stereocenters. The first kappa shape index (κ1) is 16.4. The lowest BCUT2D eigenvalue weighted by atomic mass is 9.82. The van der Waals surface area contributed by atoms with Crippen LogP contribution < -0.4 is 14.8 Å². The second-order valence-electron chi connectivity index (χ2n) is 5.91. The van der Waals surface area contributed by atoms with E-state index in [-0.39, 0.29) is 11.8 Å². The lowest BCUT2D eigenvalue weighted by Crippen LogP contribution is -2.24. The molecule has 4 heteroatoms. The van der Waals surface area contributed by atoms with E-state index >= 15 is 0 Å². The molecular formula is C20H23NO3. The molecule has 1 N–H and O–H groups in total. The second-order valence-corrected chi connectivity index (χ2v) is 5.91. The van der Waals surface area contributed by atoms with Gasteiger partial charge in [0.25, 0.3) is 0 Å². The Morgan fingerprint density at radius 2 is 1.71 bits per heavy atom. The van der Waals surface area contributed by atoms with Crippen molar-refractivity contribution in [3.05, 3.63) is 53.1 Å². The summed E-state index contributed by atoms with van der Waals surface area (Å²) in [4.78, 5) is 12.2. The summed E-state index contributed by atoms with van der Waals surface area (Å²) in [5.74, 6) is 1.46. The van der Waals surface area contributed by atoms with Crippen molar-refractivity contribution in [2.75, 3.05) is 18.5 Å². The Hall–Kier alpha value is -2.49. The normalized spacial score (nSPS) is 16.3. The van der Waals surface area contributed by atoms with E-state index in [1.807, 2.05) is 38.1 Å². The third kappa shape index (κ3) is 3.09. The number of hydrogen-bond donors (Lipinski definition) is 1. The molecule has 24 heavy (non-hydrogen) atoms. The molecule has 0 aromatic heterocycles. The van der Waals surface area contributed by atoms with Gasteiger partial charge in [0.15, 0.2) is 11.5 Å². The first-order valence-corrected chi connectivity index (χ1v) is 8.43. The van der Waals surface area contributed by atoms with Crippen molar-refractivity contribution in [3.8, 4) is 11.5 Å². The van der Waals surface area contributed by atoms with Crippen LogP contribution in [0.1, 0.15) is 42.9 Å². The van der Waals surface area contributed by atoms with E-state index in [9.17, 15) is 4.79 Å². The molecule has 2 aromatic rings. The smallest absolute Gasteiger partial charge is 0.225 e. The number of fused-ring (bicyclic) bond motifs is 1. The fourth-order valence-electron chi connectivity index (χ4n) is 3.26. The van der Waals surface area contributed by atoms with Crippen LogP contribution in [0.25, 0.3) is 0 Å². The Morgan fingerprint density at radius 1 is 1.04 bits per heavy atom. The Bertz CT molecular complexity index is 755.